The van der Waals surface area contributed by atoms with Crippen LogP contribution in [0.5, 0.6) is 0 Å². The van der Waals surface area contributed by atoms with Crippen molar-refractivity contribution in [2.75, 3.05) is 0 Å². The zero-order valence-corrected chi connectivity index (χ0v) is 12.6. The summed E-state index contributed by atoms with van der Waals surface area (Å²) in [6.45, 7) is 4.07. The minimum Gasteiger partial charge on any atom is -0.348 e. The fourth-order valence-corrected chi connectivity index (χ4v) is 2.87. The van der Waals surface area contributed by atoms with E-state index in [1.807, 2.05) is 13.8 Å². The molecule has 0 spiro atoms. The molecule has 110 valence electrons. The normalized spacial score (nSPS) is 17.1. The fourth-order valence-electron chi connectivity index (χ4n) is 2.87. The Morgan fingerprint density at radius 1 is 1.30 bits per heavy atom. The molecular formula is C17H26N2O. The molecule has 1 aromatic carbocycles. The summed E-state index contributed by atoms with van der Waals surface area (Å²) in [5.74, 6) is -0.0444. The van der Waals surface area contributed by atoms with Crippen LogP contribution in [0.4, 0.5) is 0 Å². The second-order valence-corrected chi connectivity index (χ2v) is 5.86. The topological polar surface area (TPSA) is 55.1 Å². The molecule has 0 radical (unpaired) electrons. The number of hydrogen-bond acceptors (Lipinski definition) is 2. The third-order valence-corrected chi connectivity index (χ3v) is 4.17. The van der Waals surface area contributed by atoms with Crippen molar-refractivity contribution in [2.24, 2.45) is 5.73 Å². The van der Waals surface area contributed by atoms with Crippen LogP contribution >= 0.6 is 0 Å². The summed E-state index contributed by atoms with van der Waals surface area (Å²) in [7, 11) is 0. The first-order valence-electron chi connectivity index (χ1n) is 7.79. The van der Waals surface area contributed by atoms with Crippen molar-refractivity contribution < 1.29 is 4.79 Å². The summed E-state index contributed by atoms with van der Waals surface area (Å²) in [5.41, 5.74) is 9.96. The smallest absolute Gasteiger partial charge is 0.237 e. The summed E-state index contributed by atoms with van der Waals surface area (Å²) >= 11 is 0. The highest BCUT2D eigenvalue weighted by Gasteiger charge is 2.17. The van der Waals surface area contributed by atoms with E-state index in [4.69, 9.17) is 5.73 Å². The molecule has 0 bridgehead atoms. The molecule has 0 saturated carbocycles. The van der Waals surface area contributed by atoms with Gasteiger partial charge >= 0.3 is 0 Å². The lowest BCUT2D eigenvalue weighted by Gasteiger charge is -2.21. The summed E-state index contributed by atoms with van der Waals surface area (Å²) in [6.07, 6.45) is 6.60. The Morgan fingerprint density at radius 2 is 2.00 bits per heavy atom. The van der Waals surface area contributed by atoms with Crippen molar-refractivity contribution in [2.45, 2.75) is 64.5 Å². The van der Waals surface area contributed by atoms with E-state index in [1.165, 1.54) is 42.4 Å². The number of nitrogens with one attached hydrogen (secondary N) is 1. The van der Waals surface area contributed by atoms with Crippen LogP contribution in [0.3, 0.4) is 0 Å². The van der Waals surface area contributed by atoms with Crippen molar-refractivity contribution in [3.05, 3.63) is 34.9 Å². The van der Waals surface area contributed by atoms with Gasteiger partial charge in [-0.15, -0.1) is 0 Å². The average Bonchev–Trinajstić information content (AvgIpc) is 2.46. The van der Waals surface area contributed by atoms with Crippen LogP contribution < -0.4 is 11.1 Å². The number of nitrogens with two attached hydrogens (primary N) is 1. The van der Waals surface area contributed by atoms with E-state index in [9.17, 15) is 4.79 Å². The maximum absolute atomic E-state index is 12.0. The van der Waals surface area contributed by atoms with Crippen LogP contribution in [0.1, 0.15) is 62.3 Å². The maximum Gasteiger partial charge on any atom is 0.237 e. The van der Waals surface area contributed by atoms with Crippen molar-refractivity contribution in [3.63, 3.8) is 0 Å². The van der Waals surface area contributed by atoms with Gasteiger partial charge in [-0.3, -0.25) is 4.79 Å². The molecule has 3 N–H and O–H groups in total. The van der Waals surface area contributed by atoms with E-state index in [0.29, 0.717) is 0 Å². The van der Waals surface area contributed by atoms with Crippen LogP contribution in [-0.2, 0) is 17.6 Å². The Hall–Kier alpha value is -1.35. The second kappa shape index (κ2) is 6.89. The lowest BCUT2D eigenvalue weighted by molar-refractivity contribution is -0.123. The molecule has 1 aliphatic rings. The Morgan fingerprint density at radius 3 is 2.70 bits per heavy atom. The fraction of sp³-hybridized carbons (Fsp3) is 0.588. The summed E-state index contributed by atoms with van der Waals surface area (Å²) in [4.78, 5) is 12.0. The predicted molar refractivity (Wildman–Crippen MR) is 82.5 cm³/mol. The monoisotopic (exact) mass is 274 g/mol. The molecule has 0 saturated heterocycles. The van der Waals surface area contributed by atoms with Gasteiger partial charge in [-0.2, -0.15) is 0 Å². The highest BCUT2D eigenvalue weighted by atomic mass is 16.2. The van der Waals surface area contributed by atoms with Crippen molar-refractivity contribution >= 4 is 5.91 Å². The molecule has 1 unspecified atom stereocenters. The molecule has 2 rings (SSSR count). The van der Waals surface area contributed by atoms with Crippen LogP contribution in [0.25, 0.3) is 0 Å². The quantitative estimate of drug-likeness (QED) is 0.867. The maximum atomic E-state index is 12.0. The molecular weight excluding hydrogens is 248 g/mol. The van der Waals surface area contributed by atoms with E-state index in [1.54, 1.807) is 0 Å². The first kappa shape index (κ1) is 15.0. The summed E-state index contributed by atoms with van der Waals surface area (Å²) in [6, 6.07) is 6.25. The Bertz CT molecular complexity index is 470. The number of amides is 1. The number of hydrogen-bond donors (Lipinski definition) is 2. The minimum atomic E-state index is -0.389. The van der Waals surface area contributed by atoms with E-state index in [2.05, 4.69) is 23.5 Å². The standard InChI is InChI=1S/C17H26N2O/c1-3-6-16(18)17(20)19-12(2)14-10-9-13-7-4-5-8-15(13)11-14/h9-12,16H,3-8,18H2,1-2H3,(H,19,20)/t12?,16-/m0/s1. The van der Waals surface area contributed by atoms with Crippen LogP contribution in [0.15, 0.2) is 18.2 Å². The molecule has 1 amide bonds. The lowest BCUT2D eigenvalue weighted by atomic mass is 9.89. The molecule has 0 heterocycles. The SMILES string of the molecule is CCC[C@H](N)C(=O)NC(C)c1ccc2c(c1)CCCC2. The van der Waals surface area contributed by atoms with Gasteiger partial charge in [-0.25, -0.2) is 0 Å². The molecule has 0 aliphatic heterocycles. The first-order valence-corrected chi connectivity index (χ1v) is 7.79. The molecule has 0 fully saturated rings. The number of benzene rings is 1. The summed E-state index contributed by atoms with van der Waals surface area (Å²) < 4.78 is 0. The molecule has 0 aromatic heterocycles. The van der Waals surface area contributed by atoms with E-state index < -0.39 is 0 Å². The van der Waals surface area contributed by atoms with E-state index in [0.717, 1.165) is 12.8 Å². The molecule has 2 atom stereocenters. The van der Waals surface area contributed by atoms with Crippen molar-refractivity contribution in [1.29, 1.82) is 0 Å². The van der Waals surface area contributed by atoms with Gasteiger partial charge in [-0.1, -0.05) is 31.5 Å². The van der Waals surface area contributed by atoms with Gasteiger partial charge < -0.3 is 11.1 Å². The Balaban J connectivity index is 2.02. The summed E-state index contributed by atoms with van der Waals surface area (Å²) in [5, 5.41) is 3.02. The third-order valence-electron chi connectivity index (χ3n) is 4.17. The van der Waals surface area contributed by atoms with E-state index in [-0.39, 0.29) is 18.0 Å². The highest BCUT2D eigenvalue weighted by molar-refractivity contribution is 5.81. The third kappa shape index (κ3) is 3.60. The largest absolute Gasteiger partial charge is 0.348 e. The van der Waals surface area contributed by atoms with Gasteiger partial charge in [0.15, 0.2) is 0 Å². The number of carbonyl (C=O) groups is 1. The number of aryl methyl sites for hydroxylation is 2. The van der Waals surface area contributed by atoms with Gasteiger partial charge in [0.05, 0.1) is 12.1 Å². The molecule has 20 heavy (non-hydrogen) atoms. The molecule has 1 aromatic rings. The molecule has 3 heteroatoms. The second-order valence-electron chi connectivity index (χ2n) is 5.86. The van der Waals surface area contributed by atoms with Gasteiger partial charge in [0, 0.05) is 0 Å². The molecule has 3 nitrogen and oxygen atoms in total. The zero-order valence-electron chi connectivity index (χ0n) is 12.6. The predicted octanol–water partition coefficient (Wildman–Crippen LogP) is 2.87. The first-order chi connectivity index (χ1) is 9.61. The number of carbonyl (C=O) groups excluding carboxylic acids is 1. The van der Waals surface area contributed by atoms with Gasteiger partial charge in [0.25, 0.3) is 0 Å². The lowest BCUT2D eigenvalue weighted by Crippen LogP contribution is -2.41. The number of fused-ring (bicyclic) bond motifs is 1. The average molecular weight is 274 g/mol. The Kier molecular flexibility index (Phi) is 5.18. The van der Waals surface area contributed by atoms with Gasteiger partial charge in [0.1, 0.15) is 0 Å². The Labute approximate surface area is 121 Å². The van der Waals surface area contributed by atoms with Crippen LogP contribution in [0, 0.1) is 0 Å². The van der Waals surface area contributed by atoms with Crippen LogP contribution in [0.2, 0.25) is 0 Å². The van der Waals surface area contributed by atoms with Gasteiger partial charge in [-0.05, 0) is 55.7 Å². The van der Waals surface area contributed by atoms with Crippen molar-refractivity contribution in [3.8, 4) is 0 Å². The van der Waals surface area contributed by atoms with Crippen molar-refractivity contribution in [1.82, 2.24) is 5.32 Å². The highest BCUT2D eigenvalue weighted by Crippen LogP contribution is 2.24. The molecule has 1 aliphatic carbocycles. The van der Waals surface area contributed by atoms with Gasteiger partial charge in [0.2, 0.25) is 5.91 Å². The van der Waals surface area contributed by atoms with Crippen LogP contribution in [-0.4, -0.2) is 11.9 Å². The number of rotatable bonds is 5. The van der Waals surface area contributed by atoms with E-state index >= 15 is 0 Å². The zero-order chi connectivity index (χ0) is 14.5. The minimum absolute atomic E-state index is 0.0256.